The molecule has 0 unspecified atom stereocenters. The first-order valence-corrected chi connectivity index (χ1v) is 5.24. The van der Waals surface area contributed by atoms with Crippen LogP contribution < -0.4 is 10.6 Å². The topological polar surface area (TPSA) is 66.9 Å². The largest absolute Gasteiger partial charge is 0.405 e. The Labute approximate surface area is 106 Å². The molecule has 2 N–H and O–H groups in total. The van der Waals surface area contributed by atoms with Crippen molar-refractivity contribution in [3.05, 3.63) is 17.5 Å². The second kappa shape index (κ2) is 5.85. The fourth-order valence-electron chi connectivity index (χ4n) is 1.04. The molecule has 0 radical (unpaired) electrons. The highest BCUT2D eigenvalue weighted by molar-refractivity contribution is 6.29. The van der Waals surface area contributed by atoms with Gasteiger partial charge < -0.3 is 10.6 Å². The molecule has 5 nitrogen and oxygen atoms in total. The van der Waals surface area contributed by atoms with E-state index in [1.807, 2.05) is 0 Å². The number of nitrogens with zero attached hydrogens (tertiary/aromatic N) is 2. The van der Waals surface area contributed by atoms with Crippen molar-refractivity contribution in [1.82, 2.24) is 15.3 Å². The molecule has 0 saturated carbocycles. The number of rotatable bonds is 4. The van der Waals surface area contributed by atoms with Crippen LogP contribution in [0.4, 0.5) is 19.0 Å². The first kappa shape index (κ1) is 14.5. The van der Waals surface area contributed by atoms with Gasteiger partial charge in [0, 0.05) is 0 Å². The Hall–Kier alpha value is -1.57. The molecule has 0 aliphatic heterocycles. The van der Waals surface area contributed by atoms with Gasteiger partial charge in [0.2, 0.25) is 5.91 Å². The van der Waals surface area contributed by atoms with Crippen LogP contribution in [0, 0.1) is 0 Å². The molecule has 0 saturated heterocycles. The van der Waals surface area contributed by atoms with Crippen molar-refractivity contribution in [2.24, 2.45) is 0 Å². The summed E-state index contributed by atoms with van der Waals surface area (Å²) in [5.41, 5.74) is 0. The van der Waals surface area contributed by atoms with E-state index in [1.165, 1.54) is 19.3 Å². The summed E-state index contributed by atoms with van der Waals surface area (Å²) in [5, 5.41) is 4.44. The third kappa shape index (κ3) is 5.17. The third-order valence-electron chi connectivity index (χ3n) is 1.83. The van der Waals surface area contributed by atoms with Gasteiger partial charge in [-0.2, -0.15) is 13.2 Å². The summed E-state index contributed by atoms with van der Waals surface area (Å²) in [5.74, 6) is -0.591. The van der Waals surface area contributed by atoms with Gasteiger partial charge in [-0.1, -0.05) is 11.6 Å². The average Bonchev–Trinajstić information content (AvgIpc) is 2.24. The van der Waals surface area contributed by atoms with E-state index < -0.39 is 24.7 Å². The predicted octanol–water partition coefficient (Wildman–Crippen LogP) is 1.61. The van der Waals surface area contributed by atoms with Gasteiger partial charge in [-0.3, -0.25) is 9.78 Å². The van der Waals surface area contributed by atoms with Crippen molar-refractivity contribution in [2.45, 2.75) is 19.1 Å². The summed E-state index contributed by atoms with van der Waals surface area (Å²) < 4.78 is 35.7. The number of alkyl halides is 3. The van der Waals surface area contributed by atoms with E-state index >= 15 is 0 Å². The Kier molecular flexibility index (Phi) is 4.71. The van der Waals surface area contributed by atoms with Crippen LogP contribution in [0.15, 0.2) is 12.4 Å². The predicted molar refractivity (Wildman–Crippen MR) is 59.2 cm³/mol. The molecule has 0 aromatic carbocycles. The summed E-state index contributed by atoms with van der Waals surface area (Å²) in [6.07, 6.45) is -1.84. The minimum Gasteiger partial charge on any atom is -0.357 e. The second-order valence-corrected chi connectivity index (χ2v) is 3.81. The summed E-state index contributed by atoms with van der Waals surface area (Å²) in [6.45, 7) is 0.0212. The van der Waals surface area contributed by atoms with E-state index in [0.29, 0.717) is 0 Å². The van der Waals surface area contributed by atoms with Gasteiger partial charge in [-0.05, 0) is 6.92 Å². The number of halogens is 4. The number of carbonyl (C=O) groups excluding carboxylic acids is 1. The highest BCUT2D eigenvalue weighted by Gasteiger charge is 2.28. The number of carbonyl (C=O) groups is 1. The summed E-state index contributed by atoms with van der Waals surface area (Å²) in [7, 11) is 0. The quantitative estimate of drug-likeness (QED) is 0.880. The van der Waals surface area contributed by atoms with Crippen molar-refractivity contribution in [2.75, 3.05) is 11.9 Å². The molecule has 0 spiro atoms. The molecule has 1 aromatic heterocycles. The normalized spacial score (nSPS) is 12.9. The molecule has 1 heterocycles. The average molecular weight is 283 g/mol. The molecule has 1 aromatic rings. The lowest BCUT2D eigenvalue weighted by Crippen LogP contribution is -2.42. The summed E-state index contributed by atoms with van der Waals surface area (Å²) in [6, 6.07) is -0.889. The van der Waals surface area contributed by atoms with E-state index in [9.17, 15) is 18.0 Å². The van der Waals surface area contributed by atoms with Crippen molar-refractivity contribution < 1.29 is 18.0 Å². The highest BCUT2D eigenvalue weighted by atomic mass is 35.5. The second-order valence-electron chi connectivity index (χ2n) is 3.43. The van der Waals surface area contributed by atoms with Crippen LogP contribution in [0.1, 0.15) is 6.92 Å². The number of anilines is 1. The van der Waals surface area contributed by atoms with E-state index in [2.05, 4.69) is 15.3 Å². The van der Waals surface area contributed by atoms with Crippen LogP contribution in [0.2, 0.25) is 5.15 Å². The van der Waals surface area contributed by atoms with Gasteiger partial charge >= 0.3 is 6.18 Å². The highest BCUT2D eigenvalue weighted by Crippen LogP contribution is 2.12. The molecule has 9 heteroatoms. The van der Waals surface area contributed by atoms with E-state index in [0.717, 1.165) is 0 Å². The standard InChI is InChI=1S/C9H10ClF3N4O/c1-5(8(18)15-4-9(11,12)13)16-7-3-14-2-6(10)17-7/h2-3,5H,4H2,1H3,(H,15,18)(H,16,17)/t5-/m1/s1. The fraction of sp³-hybridized carbons (Fsp3) is 0.444. The minimum absolute atomic E-state index is 0.114. The van der Waals surface area contributed by atoms with Crippen LogP contribution >= 0.6 is 11.6 Å². The van der Waals surface area contributed by atoms with Gasteiger partial charge in [-0.25, -0.2) is 4.98 Å². The monoisotopic (exact) mass is 282 g/mol. The smallest absolute Gasteiger partial charge is 0.357 e. The maximum absolute atomic E-state index is 11.9. The Morgan fingerprint density at radius 2 is 2.17 bits per heavy atom. The van der Waals surface area contributed by atoms with Crippen molar-refractivity contribution in [1.29, 1.82) is 0 Å². The van der Waals surface area contributed by atoms with Gasteiger partial charge in [0.25, 0.3) is 0 Å². The molecule has 0 fully saturated rings. The lowest BCUT2D eigenvalue weighted by molar-refractivity contribution is -0.138. The van der Waals surface area contributed by atoms with Crippen LogP contribution in [-0.4, -0.2) is 34.6 Å². The van der Waals surface area contributed by atoms with Crippen LogP contribution in [0.3, 0.4) is 0 Å². The van der Waals surface area contributed by atoms with Gasteiger partial charge in [0.15, 0.2) is 0 Å². The molecule has 1 rings (SSSR count). The maximum Gasteiger partial charge on any atom is 0.405 e. The van der Waals surface area contributed by atoms with Crippen molar-refractivity contribution in [3.8, 4) is 0 Å². The molecular weight excluding hydrogens is 273 g/mol. The minimum atomic E-state index is -4.44. The molecule has 1 atom stereocenters. The maximum atomic E-state index is 11.9. The molecule has 0 bridgehead atoms. The van der Waals surface area contributed by atoms with Crippen LogP contribution in [0.25, 0.3) is 0 Å². The zero-order chi connectivity index (χ0) is 13.8. The number of aromatic nitrogens is 2. The first-order chi connectivity index (χ1) is 8.28. The van der Waals surface area contributed by atoms with Crippen molar-refractivity contribution >= 4 is 23.3 Å². The Morgan fingerprint density at radius 3 is 2.72 bits per heavy atom. The van der Waals surface area contributed by atoms with E-state index in [4.69, 9.17) is 11.6 Å². The molecule has 1 amide bonds. The Morgan fingerprint density at radius 1 is 1.50 bits per heavy atom. The van der Waals surface area contributed by atoms with E-state index in [-0.39, 0.29) is 11.0 Å². The molecule has 0 aliphatic rings. The fourth-order valence-corrected chi connectivity index (χ4v) is 1.19. The Bertz CT molecular complexity index is 427. The zero-order valence-electron chi connectivity index (χ0n) is 9.25. The van der Waals surface area contributed by atoms with E-state index in [1.54, 1.807) is 5.32 Å². The number of nitrogens with one attached hydrogen (secondary N) is 2. The molecule has 0 aliphatic carbocycles. The molecule has 100 valence electrons. The van der Waals surface area contributed by atoms with Crippen LogP contribution in [-0.2, 0) is 4.79 Å². The van der Waals surface area contributed by atoms with Crippen molar-refractivity contribution in [3.63, 3.8) is 0 Å². The number of amides is 1. The Balaban J connectivity index is 2.50. The number of hydrogen-bond acceptors (Lipinski definition) is 4. The lowest BCUT2D eigenvalue weighted by atomic mass is 10.3. The summed E-state index contributed by atoms with van der Waals surface area (Å²) >= 11 is 5.57. The first-order valence-electron chi connectivity index (χ1n) is 4.86. The van der Waals surface area contributed by atoms with Gasteiger partial charge in [-0.15, -0.1) is 0 Å². The summed E-state index contributed by atoms with van der Waals surface area (Å²) in [4.78, 5) is 18.8. The van der Waals surface area contributed by atoms with Gasteiger partial charge in [0.1, 0.15) is 23.6 Å². The number of hydrogen-bond donors (Lipinski definition) is 2. The SMILES string of the molecule is C[C@@H](Nc1cncc(Cl)n1)C(=O)NCC(F)(F)F. The zero-order valence-corrected chi connectivity index (χ0v) is 10.0. The lowest BCUT2D eigenvalue weighted by Gasteiger charge is -2.15. The molecular formula is C9H10ClF3N4O. The van der Waals surface area contributed by atoms with Gasteiger partial charge in [0.05, 0.1) is 12.4 Å². The van der Waals surface area contributed by atoms with Crippen LogP contribution in [0.5, 0.6) is 0 Å². The molecule has 18 heavy (non-hydrogen) atoms. The third-order valence-corrected chi connectivity index (χ3v) is 2.01.